The van der Waals surface area contributed by atoms with Gasteiger partial charge >= 0.3 is 5.97 Å². The van der Waals surface area contributed by atoms with Crippen molar-refractivity contribution in [2.24, 2.45) is 11.8 Å². The Hall–Kier alpha value is -2.38. The number of likely N-dealkylation sites (tertiary alicyclic amines) is 1. The standard InChI is InChI=1S/C21H26N2O5/c1-13-6-18(28-22-13)12-23-10-15-8-19(24)20(9-16(15)11-23)27-17-5-3-4-14(7-17)21(25)26-2/h3-7,15-16,19-20,24H,8-12H2,1-2H3/t15-,16+,19+,20+/m0/s1. The van der Waals surface area contributed by atoms with Crippen LogP contribution in [-0.4, -0.2) is 53.5 Å². The highest BCUT2D eigenvalue weighted by atomic mass is 16.5. The van der Waals surface area contributed by atoms with Crippen molar-refractivity contribution >= 4 is 5.97 Å². The summed E-state index contributed by atoms with van der Waals surface area (Å²) in [5.74, 6) is 1.99. The Kier molecular flexibility index (Phi) is 5.37. The van der Waals surface area contributed by atoms with Gasteiger partial charge in [0.15, 0.2) is 5.76 Å². The normalized spacial score (nSPS) is 27.4. The van der Waals surface area contributed by atoms with E-state index in [1.165, 1.54) is 7.11 Å². The van der Waals surface area contributed by atoms with E-state index in [1.807, 2.05) is 13.0 Å². The SMILES string of the molecule is COC(=O)c1cccc(O[C@@H]2C[C@@H]3CN(Cc4cc(C)no4)C[C@@H]3C[C@H]2O)c1. The van der Waals surface area contributed by atoms with E-state index >= 15 is 0 Å². The third-order valence-electron chi connectivity index (χ3n) is 5.76. The van der Waals surface area contributed by atoms with Gasteiger partial charge in [0.05, 0.1) is 31.0 Å². The zero-order valence-electron chi connectivity index (χ0n) is 16.2. The number of carbonyl (C=O) groups is 1. The molecule has 0 bridgehead atoms. The second kappa shape index (κ2) is 7.93. The molecule has 1 aliphatic carbocycles. The summed E-state index contributed by atoms with van der Waals surface area (Å²) >= 11 is 0. The fraction of sp³-hybridized carbons (Fsp3) is 0.524. The highest BCUT2D eigenvalue weighted by Gasteiger charge is 2.42. The van der Waals surface area contributed by atoms with E-state index in [0.717, 1.165) is 43.9 Å². The van der Waals surface area contributed by atoms with Crippen molar-refractivity contribution in [2.45, 2.75) is 38.5 Å². The van der Waals surface area contributed by atoms with Crippen molar-refractivity contribution < 1.29 is 23.9 Å². The van der Waals surface area contributed by atoms with E-state index in [2.05, 4.69) is 10.1 Å². The van der Waals surface area contributed by atoms with E-state index in [4.69, 9.17) is 14.0 Å². The maximum atomic E-state index is 11.7. The molecule has 0 spiro atoms. The summed E-state index contributed by atoms with van der Waals surface area (Å²) in [5.41, 5.74) is 1.34. The van der Waals surface area contributed by atoms with Crippen molar-refractivity contribution in [3.8, 4) is 5.75 Å². The smallest absolute Gasteiger partial charge is 0.337 e. The quantitative estimate of drug-likeness (QED) is 0.790. The molecule has 0 unspecified atom stereocenters. The number of methoxy groups -OCH3 is 1. The molecule has 0 amide bonds. The first-order valence-corrected chi connectivity index (χ1v) is 9.69. The van der Waals surface area contributed by atoms with E-state index in [1.54, 1.807) is 24.3 Å². The van der Waals surface area contributed by atoms with Gasteiger partial charge in [-0.15, -0.1) is 0 Å². The van der Waals surface area contributed by atoms with Gasteiger partial charge in [0.1, 0.15) is 11.9 Å². The number of aliphatic hydroxyl groups is 1. The van der Waals surface area contributed by atoms with Crippen LogP contribution in [0.1, 0.15) is 34.7 Å². The van der Waals surface area contributed by atoms with Crippen molar-refractivity contribution in [2.75, 3.05) is 20.2 Å². The first-order valence-electron chi connectivity index (χ1n) is 9.69. The van der Waals surface area contributed by atoms with E-state index in [-0.39, 0.29) is 6.10 Å². The number of hydrogen-bond donors (Lipinski definition) is 1. The lowest BCUT2D eigenvalue weighted by Crippen LogP contribution is -2.42. The van der Waals surface area contributed by atoms with Gasteiger partial charge < -0.3 is 19.1 Å². The molecular weight excluding hydrogens is 360 g/mol. The monoisotopic (exact) mass is 386 g/mol. The Morgan fingerprint density at radius 1 is 1.29 bits per heavy atom. The zero-order chi connectivity index (χ0) is 19.7. The van der Waals surface area contributed by atoms with Crippen molar-refractivity contribution in [1.29, 1.82) is 0 Å². The minimum Gasteiger partial charge on any atom is -0.488 e. The molecule has 28 heavy (non-hydrogen) atoms. The summed E-state index contributed by atoms with van der Waals surface area (Å²) in [7, 11) is 1.35. The van der Waals surface area contributed by atoms with Gasteiger partial charge in [-0.05, 0) is 49.8 Å². The number of aryl methyl sites for hydroxylation is 1. The molecule has 150 valence electrons. The van der Waals surface area contributed by atoms with Crippen molar-refractivity contribution in [1.82, 2.24) is 10.1 Å². The highest BCUT2D eigenvalue weighted by molar-refractivity contribution is 5.89. The molecule has 1 aromatic carbocycles. The molecule has 0 radical (unpaired) electrons. The molecule has 1 N–H and O–H groups in total. The maximum absolute atomic E-state index is 11.7. The zero-order valence-corrected chi connectivity index (χ0v) is 16.2. The van der Waals surface area contributed by atoms with Gasteiger partial charge in [-0.3, -0.25) is 4.90 Å². The largest absolute Gasteiger partial charge is 0.488 e. The number of aromatic nitrogens is 1. The number of aliphatic hydroxyl groups excluding tert-OH is 1. The number of carbonyl (C=O) groups excluding carboxylic acids is 1. The molecule has 1 aliphatic heterocycles. The van der Waals surface area contributed by atoms with Gasteiger partial charge in [0.2, 0.25) is 0 Å². The van der Waals surface area contributed by atoms with Crippen LogP contribution in [0.3, 0.4) is 0 Å². The Bertz CT molecular complexity index is 836. The molecule has 2 aromatic rings. The van der Waals surface area contributed by atoms with Crippen LogP contribution in [0, 0.1) is 18.8 Å². The third kappa shape index (κ3) is 4.05. The molecule has 2 heterocycles. The number of rotatable bonds is 5. The molecule has 4 rings (SSSR count). The van der Waals surface area contributed by atoms with Crippen molar-refractivity contribution in [3.05, 3.63) is 47.3 Å². The fourth-order valence-electron chi connectivity index (χ4n) is 4.44. The highest BCUT2D eigenvalue weighted by Crippen LogP contribution is 2.38. The first kappa shape index (κ1) is 19.0. The lowest BCUT2D eigenvalue weighted by Gasteiger charge is -2.35. The Morgan fingerprint density at radius 3 is 2.79 bits per heavy atom. The molecule has 7 heteroatoms. The number of esters is 1. The van der Waals surface area contributed by atoms with E-state index in [9.17, 15) is 9.90 Å². The molecule has 4 atom stereocenters. The summed E-state index contributed by atoms with van der Waals surface area (Å²) in [6.07, 6.45) is 0.718. The second-order valence-electron chi connectivity index (χ2n) is 7.86. The average molecular weight is 386 g/mol. The minimum absolute atomic E-state index is 0.276. The van der Waals surface area contributed by atoms with E-state index < -0.39 is 12.1 Å². The Balaban J connectivity index is 1.38. The van der Waals surface area contributed by atoms with Crippen LogP contribution < -0.4 is 4.74 Å². The Labute approximate surface area is 164 Å². The number of benzene rings is 1. The van der Waals surface area contributed by atoms with Crippen LogP contribution in [0.5, 0.6) is 5.75 Å². The van der Waals surface area contributed by atoms with Crippen LogP contribution in [-0.2, 0) is 11.3 Å². The van der Waals surface area contributed by atoms with Gasteiger partial charge in [-0.1, -0.05) is 11.2 Å². The minimum atomic E-state index is -0.518. The summed E-state index contributed by atoms with van der Waals surface area (Å²) in [4.78, 5) is 14.1. The van der Waals surface area contributed by atoms with Crippen LogP contribution in [0.15, 0.2) is 34.9 Å². The van der Waals surface area contributed by atoms with Crippen LogP contribution >= 0.6 is 0 Å². The number of ether oxygens (including phenoxy) is 2. The van der Waals surface area contributed by atoms with Crippen molar-refractivity contribution in [3.63, 3.8) is 0 Å². The summed E-state index contributed by atoms with van der Waals surface area (Å²) in [6, 6.07) is 8.88. The van der Waals surface area contributed by atoms with Crippen LogP contribution in [0.25, 0.3) is 0 Å². The van der Waals surface area contributed by atoms with Crippen LogP contribution in [0.4, 0.5) is 0 Å². The number of nitrogens with zero attached hydrogens (tertiary/aromatic N) is 2. The van der Waals surface area contributed by atoms with Gasteiger partial charge in [-0.2, -0.15) is 0 Å². The molecule has 1 saturated heterocycles. The first-order chi connectivity index (χ1) is 13.5. The number of hydrogen-bond acceptors (Lipinski definition) is 7. The lowest BCUT2D eigenvalue weighted by atomic mass is 9.78. The summed E-state index contributed by atoms with van der Waals surface area (Å²) in [6.45, 7) is 4.58. The molecule has 2 fully saturated rings. The molecule has 1 aromatic heterocycles. The number of fused-ring (bicyclic) bond motifs is 1. The van der Waals surface area contributed by atoms with Gasteiger partial charge in [-0.25, -0.2) is 4.79 Å². The molecule has 2 aliphatic rings. The van der Waals surface area contributed by atoms with E-state index in [0.29, 0.717) is 23.1 Å². The third-order valence-corrected chi connectivity index (χ3v) is 5.76. The van der Waals surface area contributed by atoms with Gasteiger partial charge in [0.25, 0.3) is 0 Å². The topological polar surface area (TPSA) is 85.0 Å². The van der Waals surface area contributed by atoms with Crippen LogP contribution in [0.2, 0.25) is 0 Å². The molecular formula is C21H26N2O5. The lowest BCUT2D eigenvalue weighted by molar-refractivity contribution is -0.0231. The predicted octanol–water partition coefficient (Wildman–Crippen LogP) is 2.42. The molecule has 7 nitrogen and oxygen atoms in total. The average Bonchev–Trinajstić information content (AvgIpc) is 3.26. The predicted molar refractivity (Wildman–Crippen MR) is 101 cm³/mol. The Morgan fingerprint density at radius 2 is 2.07 bits per heavy atom. The summed E-state index contributed by atoms with van der Waals surface area (Å²) < 4.78 is 16.2. The fourth-order valence-corrected chi connectivity index (χ4v) is 4.44. The summed E-state index contributed by atoms with van der Waals surface area (Å²) in [5, 5.41) is 14.6. The van der Waals surface area contributed by atoms with Gasteiger partial charge in [0, 0.05) is 19.2 Å². The molecule has 1 saturated carbocycles. The second-order valence-corrected chi connectivity index (χ2v) is 7.86. The maximum Gasteiger partial charge on any atom is 0.337 e.